The number of carbonyl (C=O) groups excluding carboxylic acids is 3. The predicted molar refractivity (Wildman–Crippen MR) is 101 cm³/mol. The molecule has 0 aromatic heterocycles. The summed E-state index contributed by atoms with van der Waals surface area (Å²) in [5.41, 5.74) is -4.19. The fourth-order valence-electron chi connectivity index (χ4n) is 3.73. The molecule has 1 aliphatic carbocycles. The van der Waals surface area contributed by atoms with Gasteiger partial charge < -0.3 is 9.47 Å². The molecule has 8 heteroatoms. The van der Waals surface area contributed by atoms with Crippen molar-refractivity contribution >= 4 is 35.4 Å². The fourth-order valence-corrected chi connectivity index (χ4v) is 5.32. The van der Waals surface area contributed by atoms with Crippen LogP contribution in [0.2, 0.25) is 0 Å². The van der Waals surface area contributed by atoms with E-state index < -0.39 is 38.5 Å². The second-order valence-corrected chi connectivity index (χ2v) is 9.50. The van der Waals surface area contributed by atoms with Crippen molar-refractivity contribution in [3.05, 3.63) is 10.8 Å². The molecular weight excluding hydrogens is 368 g/mol. The van der Waals surface area contributed by atoms with Crippen LogP contribution in [0.5, 0.6) is 0 Å². The number of methoxy groups -OCH3 is 2. The number of nitriles is 1. The van der Waals surface area contributed by atoms with Crippen LogP contribution in [0.25, 0.3) is 0 Å². The van der Waals surface area contributed by atoms with Gasteiger partial charge >= 0.3 is 11.9 Å². The standard InChI is InChI=1S/C19H25N2O5S/c1-16(2)13(23)17(3,4)14(16)27-18(5,6)19(10-21,15(24)26-8)11(9-20)12(22)25-7/h20H,1-8H3/q+1. The average Bonchev–Trinajstić information content (AvgIpc) is 2.61. The van der Waals surface area contributed by atoms with Gasteiger partial charge in [-0.15, -0.1) is 0 Å². The lowest BCUT2D eigenvalue weighted by atomic mass is 9.54. The van der Waals surface area contributed by atoms with Crippen LogP contribution in [0.3, 0.4) is 0 Å². The molecule has 1 N–H and O–H groups in total. The first kappa shape index (κ1) is 22.8. The summed E-state index contributed by atoms with van der Waals surface area (Å²) in [5, 5.41) is 18.3. The molecule has 1 atom stereocenters. The molecule has 0 spiro atoms. The number of Topliss-reactive ketones (excluding diaryl/α,β-unsaturated/α-hetero) is 1. The van der Waals surface area contributed by atoms with Crippen LogP contribution in [0.15, 0.2) is 5.57 Å². The minimum absolute atomic E-state index is 0.0460. The summed E-state index contributed by atoms with van der Waals surface area (Å²) in [6.45, 7) is 10.3. The molecule has 1 fully saturated rings. The van der Waals surface area contributed by atoms with Gasteiger partial charge in [-0.3, -0.25) is 10.2 Å². The SMILES string of the molecule is COC(=O)C(=C=N)C(C#N)(C(=O)OC)C(C)(C)S[C+]1C(C)(C)C(=O)C1(C)C. The highest BCUT2D eigenvalue weighted by molar-refractivity contribution is 8.03. The van der Waals surface area contributed by atoms with Gasteiger partial charge in [-0.25, -0.2) is 9.59 Å². The Morgan fingerprint density at radius 2 is 1.63 bits per heavy atom. The number of hydrogen-bond acceptors (Lipinski definition) is 8. The quantitative estimate of drug-likeness (QED) is 0.319. The lowest BCUT2D eigenvalue weighted by Crippen LogP contribution is -2.60. The molecule has 0 saturated heterocycles. The normalized spacial score (nSPS) is 19.7. The number of esters is 2. The molecule has 0 heterocycles. The Bertz CT molecular complexity index is 753. The number of rotatable bonds is 6. The summed E-state index contributed by atoms with van der Waals surface area (Å²) >= 11 is 1.17. The second-order valence-electron chi connectivity index (χ2n) is 7.87. The van der Waals surface area contributed by atoms with Gasteiger partial charge in [0.15, 0.2) is 16.1 Å². The van der Waals surface area contributed by atoms with Gasteiger partial charge in [-0.1, -0.05) is 0 Å². The number of nitrogens with one attached hydrogen (secondary N) is 1. The number of carbonyl (C=O) groups is 3. The molecule has 1 aliphatic rings. The topological polar surface area (TPSA) is 117 Å². The summed E-state index contributed by atoms with van der Waals surface area (Å²) in [5.74, 6) is -0.0600. The molecule has 0 amide bonds. The van der Waals surface area contributed by atoms with Crippen molar-refractivity contribution in [3.8, 4) is 6.07 Å². The zero-order chi connectivity index (χ0) is 21.4. The third-order valence-electron chi connectivity index (χ3n) is 5.08. The van der Waals surface area contributed by atoms with Gasteiger partial charge in [0.1, 0.15) is 5.57 Å². The number of thioether (sulfide) groups is 1. The lowest BCUT2D eigenvalue weighted by Gasteiger charge is -2.46. The van der Waals surface area contributed by atoms with Crippen LogP contribution in [-0.4, -0.2) is 42.6 Å². The van der Waals surface area contributed by atoms with Crippen LogP contribution in [0.1, 0.15) is 41.5 Å². The number of hydrogen-bond donors (Lipinski definition) is 1. The summed E-state index contributed by atoms with van der Waals surface area (Å²) < 4.78 is 8.22. The van der Waals surface area contributed by atoms with Crippen LogP contribution in [0.4, 0.5) is 0 Å². The molecule has 1 saturated carbocycles. The van der Waals surface area contributed by atoms with E-state index >= 15 is 0 Å². The van der Waals surface area contributed by atoms with Crippen LogP contribution in [-0.2, 0) is 23.9 Å². The lowest BCUT2D eigenvalue weighted by molar-refractivity contribution is -0.151. The van der Waals surface area contributed by atoms with E-state index in [0.717, 1.165) is 19.5 Å². The molecule has 0 aromatic carbocycles. The van der Waals surface area contributed by atoms with E-state index in [0.29, 0.717) is 0 Å². The van der Waals surface area contributed by atoms with E-state index in [9.17, 15) is 19.6 Å². The largest absolute Gasteiger partial charge is 0.468 e. The van der Waals surface area contributed by atoms with Crippen molar-refractivity contribution in [1.82, 2.24) is 0 Å². The monoisotopic (exact) mass is 393 g/mol. The Labute approximate surface area is 164 Å². The highest BCUT2D eigenvalue weighted by Crippen LogP contribution is 2.67. The first-order valence-corrected chi connectivity index (χ1v) is 9.04. The molecule has 0 bridgehead atoms. The molecular formula is C19H25N2O5S+. The maximum atomic E-state index is 12.7. The highest BCUT2D eigenvalue weighted by atomic mass is 32.2. The van der Waals surface area contributed by atoms with Gasteiger partial charge in [-0.2, -0.15) is 5.26 Å². The smallest absolute Gasteiger partial charge is 0.345 e. The Hall–Kier alpha value is -2.23. The third kappa shape index (κ3) is 3.05. The predicted octanol–water partition coefficient (Wildman–Crippen LogP) is 2.70. The number of ketones is 1. The second kappa shape index (κ2) is 7.06. The van der Waals surface area contributed by atoms with Crippen molar-refractivity contribution in [2.24, 2.45) is 16.2 Å². The van der Waals surface area contributed by atoms with Crippen molar-refractivity contribution in [2.75, 3.05) is 14.2 Å². The summed E-state index contributed by atoms with van der Waals surface area (Å²) in [7, 11) is 2.19. The zero-order valence-corrected chi connectivity index (χ0v) is 17.7. The van der Waals surface area contributed by atoms with Gasteiger partial charge in [-0.05, 0) is 47.4 Å². The first-order valence-electron chi connectivity index (χ1n) is 8.22. The van der Waals surface area contributed by atoms with E-state index in [1.165, 1.54) is 11.8 Å². The fraction of sp³-hybridized carbons (Fsp3) is 0.632. The van der Waals surface area contributed by atoms with Gasteiger partial charge in [0, 0.05) is 0 Å². The Kier molecular flexibility index (Phi) is 5.97. The Morgan fingerprint density at radius 1 is 1.15 bits per heavy atom. The van der Waals surface area contributed by atoms with Gasteiger partial charge in [0.2, 0.25) is 11.2 Å². The van der Waals surface area contributed by atoms with Crippen LogP contribution >= 0.6 is 11.8 Å². The van der Waals surface area contributed by atoms with Crippen molar-refractivity contribution in [3.63, 3.8) is 0 Å². The Balaban J connectivity index is 3.61. The minimum Gasteiger partial charge on any atom is -0.468 e. The molecule has 1 unspecified atom stereocenters. The van der Waals surface area contributed by atoms with Crippen molar-refractivity contribution in [1.29, 1.82) is 10.7 Å². The van der Waals surface area contributed by atoms with Gasteiger partial charge in [0.05, 0.1) is 36.8 Å². The summed E-state index contributed by atoms with van der Waals surface area (Å²) in [6, 6.07) is 1.88. The van der Waals surface area contributed by atoms with E-state index in [1.54, 1.807) is 41.5 Å². The summed E-state index contributed by atoms with van der Waals surface area (Å²) in [4.78, 5) is 37.4. The number of ether oxygens (including phenoxy) is 2. The van der Waals surface area contributed by atoms with Crippen molar-refractivity contribution < 1.29 is 23.9 Å². The molecule has 0 aromatic rings. The molecule has 27 heavy (non-hydrogen) atoms. The van der Waals surface area contributed by atoms with Gasteiger partial charge in [0.25, 0.3) is 0 Å². The minimum atomic E-state index is -2.15. The summed E-state index contributed by atoms with van der Waals surface area (Å²) in [6.07, 6.45) is 0. The molecule has 1 rings (SSSR count). The van der Waals surface area contributed by atoms with E-state index in [4.69, 9.17) is 10.1 Å². The Morgan fingerprint density at radius 3 is 1.96 bits per heavy atom. The molecule has 0 aliphatic heterocycles. The van der Waals surface area contributed by atoms with Crippen LogP contribution in [0, 0.1) is 38.2 Å². The molecule has 7 nitrogen and oxygen atoms in total. The molecule has 0 radical (unpaired) electrons. The van der Waals surface area contributed by atoms with E-state index in [-0.39, 0.29) is 5.78 Å². The average molecular weight is 393 g/mol. The third-order valence-corrected chi connectivity index (χ3v) is 7.12. The van der Waals surface area contributed by atoms with E-state index in [1.807, 2.05) is 11.9 Å². The van der Waals surface area contributed by atoms with Crippen molar-refractivity contribution in [2.45, 2.75) is 46.3 Å². The van der Waals surface area contributed by atoms with Crippen LogP contribution < -0.4 is 0 Å². The highest BCUT2D eigenvalue weighted by Gasteiger charge is 2.77. The molecule has 146 valence electrons. The van der Waals surface area contributed by atoms with E-state index in [2.05, 4.69) is 4.74 Å². The number of nitrogens with zero attached hydrogens (tertiary/aromatic N) is 1. The zero-order valence-electron chi connectivity index (χ0n) is 16.9. The first-order chi connectivity index (χ1) is 12.2. The maximum absolute atomic E-state index is 12.7. The maximum Gasteiger partial charge on any atom is 0.345 e.